The number of hydrogen-bond acceptors (Lipinski definition) is 17. The monoisotopic (exact) mass is 1180 g/mol. The van der Waals surface area contributed by atoms with E-state index in [4.69, 9.17) is 40.3 Å². The fraction of sp³-hybridized carbons (Fsp3) is 0.508. The Morgan fingerprint density at radius 1 is 0.892 bits per heavy atom. The van der Waals surface area contributed by atoms with Gasteiger partial charge in [0.15, 0.2) is 5.82 Å². The largest absolute Gasteiger partial charge is 0.508 e. The standard InChI is InChI=1S/C61H77ClFN9O10S/c1-37(82-60-68-54-48(57(69-60)71-21-17-64-18-22-71)32-49(62)52(53(54)63)47-30-43(73)29-42-9-7-8-10-46(42)47)33-70-19-15-45(16-20-70)81-28-27-79-24-23-78-25-26-80-35-51(75)67-56(61(4,5)6)59(77)72-34-44(74)31-50(72)58(76)66-38(2)40-11-13-41(14-12-40)55-39(3)65-36-83-55/h7-14,29-30,32,36-38,44-45,50,56,64,73-74H,15-28,31,33-35H2,1-6H3,(H,66,76)(H,67,75)/t37-,38+,44-,50+,56-/m1/s1. The number of ether oxygens (including phenoxy) is 5. The van der Waals surface area contributed by atoms with Gasteiger partial charge in [0.05, 0.1) is 79.0 Å². The van der Waals surface area contributed by atoms with Crippen molar-refractivity contribution >= 4 is 68.2 Å². The number of carbonyl (C=O) groups excluding carboxylic acids is 3. The number of anilines is 1. The first-order valence-electron chi connectivity index (χ1n) is 28.6. The van der Waals surface area contributed by atoms with Gasteiger partial charge in [-0.05, 0) is 84.7 Å². The summed E-state index contributed by atoms with van der Waals surface area (Å²) in [6.45, 7) is 17.9. The van der Waals surface area contributed by atoms with Crippen molar-refractivity contribution in [3.63, 3.8) is 0 Å². The Hall–Kier alpha value is -6.14. The number of aliphatic hydroxyl groups excluding tert-OH is 1. The summed E-state index contributed by atoms with van der Waals surface area (Å²) in [4.78, 5) is 61.6. The molecular weight excluding hydrogens is 1110 g/mol. The molecule has 0 bridgehead atoms. The van der Waals surface area contributed by atoms with Gasteiger partial charge in [0.1, 0.15) is 41.9 Å². The molecule has 3 fully saturated rings. The maximum absolute atomic E-state index is 17.0. The van der Waals surface area contributed by atoms with E-state index < -0.39 is 41.2 Å². The lowest BCUT2D eigenvalue weighted by atomic mass is 9.85. The normalized spacial score (nSPS) is 18.4. The zero-order valence-electron chi connectivity index (χ0n) is 48.1. The molecule has 0 unspecified atom stereocenters. The number of thiazole rings is 1. The summed E-state index contributed by atoms with van der Waals surface area (Å²) in [6, 6.07) is 18.1. The van der Waals surface area contributed by atoms with E-state index in [1.165, 1.54) is 11.0 Å². The molecule has 3 amide bonds. The Labute approximate surface area is 493 Å². The Balaban J connectivity index is 0.655. The maximum Gasteiger partial charge on any atom is 0.319 e. The Morgan fingerprint density at radius 2 is 1.59 bits per heavy atom. The molecule has 5 N–H and O–H groups in total. The third kappa shape index (κ3) is 15.6. The van der Waals surface area contributed by atoms with E-state index in [1.807, 2.05) is 95.6 Å². The van der Waals surface area contributed by atoms with Crippen LogP contribution in [0.2, 0.25) is 5.02 Å². The number of piperidine rings is 1. The van der Waals surface area contributed by atoms with E-state index in [0.717, 1.165) is 71.5 Å². The van der Waals surface area contributed by atoms with Crippen molar-refractivity contribution in [1.82, 2.24) is 40.7 Å². The Kier molecular flexibility index (Phi) is 20.8. The molecule has 0 radical (unpaired) electrons. The fourth-order valence-electron chi connectivity index (χ4n) is 11.0. The lowest BCUT2D eigenvalue weighted by Gasteiger charge is -2.35. The van der Waals surface area contributed by atoms with Gasteiger partial charge in [0.2, 0.25) is 17.7 Å². The number of aromatic hydroxyl groups is 1. The van der Waals surface area contributed by atoms with Crippen molar-refractivity contribution in [2.24, 2.45) is 5.41 Å². The zero-order valence-corrected chi connectivity index (χ0v) is 49.7. The molecule has 5 atom stereocenters. The number of amides is 3. The molecule has 4 aromatic carbocycles. The average Bonchev–Trinajstić information content (AvgIpc) is 3.24. The number of benzene rings is 4. The van der Waals surface area contributed by atoms with Gasteiger partial charge in [-0.2, -0.15) is 9.97 Å². The molecule has 2 aromatic heterocycles. The number of nitrogens with zero attached hydrogens (tertiary/aromatic N) is 6. The summed E-state index contributed by atoms with van der Waals surface area (Å²) in [7, 11) is 0. The number of piperazine rings is 1. The number of rotatable bonds is 24. The van der Waals surface area contributed by atoms with Gasteiger partial charge in [0.25, 0.3) is 0 Å². The molecule has 6 aromatic rings. The van der Waals surface area contributed by atoms with Gasteiger partial charge < -0.3 is 59.6 Å². The summed E-state index contributed by atoms with van der Waals surface area (Å²) in [5, 5.41) is 32.7. The summed E-state index contributed by atoms with van der Waals surface area (Å²) in [5.41, 5.74) is 4.70. The predicted octanol–water partition coefficient (Wildman–Crippen LogP) is 7.46. The smallest absolute Gasteiger partial charge is 0.319 e. The lowest BCUT2D eigenvalue weighted by molar-refractivity contribution is -0.144. The molecular formula is C61H77ClFN9O10S. The van der Waals surface area contributed by atoms with Crippen LogP contribution in [-0.2, 0) is 33.3 Å². The van der Waals surface area contributed by atoms with E-state index in [2.05, 4.69) is 35.7 Å². The number of halogens is 2. The number of carbonyl (C=O) groups is 3. The number of likely N-dealkylation sites (tertiary alicyclic amines) is 2. The second-order valence-corrected chi connectivity index (χ2v) is 23.9. The SMILES string of the molecule is Cc1ncsc1-c1ccc([C@H](C)NC(=O)[C@@H]2C[C@@H](O)CN2C(=O)[C@@H](NC(=O)COCCOCCOCCOC2CCN(C[C@@H](C)Oc3nc(N4CCNCC4)c4cc(Cl)c(-c5cc(O)cc6ccccc56)c(F)c4n3)CC2)C(C)(C)C)cc1. The number of aromatic nitrogens is 3. The number of fused-ring (bicyclic) bond motifs is 2. The molecule has 83 heavy (non-hydrogen) atoms. The second kappa shape index (κ2) is 28.2. The van der Waals surface area contributed by atoms with Gasteiger partial charge in [0, 0.05) is 69.7 Å². The third-order valence-electron chi connectivity index (χ3n) is 15.3. The van der Waals surface area contributed by atoms with Crippen LogP contribution in [0.25, 0.3) is 43.2 Å². The first kappa shape index (κ1) is 61.4. The second-order valence-electron chi connectivity index (χ2n) is 22.7. The summed E-state index contributed by atoms with van der Waals surface area (Å²) < 4.78 is 46.5. The molecule has 3 aliphatic rings. The predicted molar refractivity (Wildman–Crippen MR) is 319 cm³/mol. The molecule has 19 nitrogen and oxygen atoms in total. The van der Waals surface area contributed by atoms with E-state index in [9.17, 15) is 24.6 Å². The summed E-state index contributed by atoms with van der Waals surface area (Å²) in [6.07, 6.45) is 0.652. The molecule has 22 heteroatoms. The van der Waals surface area contributed by atoms with Crippen LogP contribution in [-0.4, -0.2) is 182 Å². The number of nitrogens with one attached hydrogen (secondary N) is 3. The molecule has 3 saturated heterocycles. The number of aryl methyl sites for hydroxylation is 1. The topological polar surface area (TPSA) is 222 Å². The minimum atomic E-state index is -0.983. The Morgan fingerprint density at radius 3 is 2.29 bits per heavy atom. The average molecular weight is 1180 g/mol. The molecule has 0 spiro atoms. The third-order valence-corrected chi connectivity index (χ3v) is 16.6. The first-order chi connectivity index (χ1) is 39.9. The van der Waals surface area contributed by atoms with Gasteiger partial charge in [-0.1, -0.05) is 80.9 Å². The van der Waals surface area contributed by atoms with Crippen molar-refractivity contribution in [3.05, 3.63) is 94.3 Å². The van der Waals surface area contributed by atoms with Crippen molar-refractivity contribution in [3.8, 4) is 33.3 Å². The van der Waals surface area contributed by atoms with Crippen molar-refractivity contribution in [2.45, 2.75) is 97.2 Å². The van der Waals surface area contributed by atoms with Gasteiger partial charge in [-0.15, -0.1) is 11.3 Å². The van der Waals surface area contributed by atoms with Crippen LogP contribution in [0.3, 0.4) is 0 Å². The van der Waals surface area contributed by atoms with Crippen LogP contribution in [0.15, 0.2) is 72.2 Å². The minimum absolute atomic E-state index is 0.00103. The first-order valence-corrected chi connectivity index (χ1v) is 29.9. The highest BCUT2D eigenvalue weighted by molar-refractivity contribution is 7.13. The molecule has 0 saturated carbocycles. The quantitative estimate of drug-likeness (QED) is 0.0371. The highest BCUT2D eigenvalue weighted by Gasteiger charge is 2.45. The molecule has 446 valence electrons. The van der Waals surface area contributed by atoms with Crippen LogP contribution < -0.4 is 25.6 Å². The number of phenolic OH excluding ortho intramolecular Hbond substituents is 1. The highest BCUT2D eigenvalue weighted by Crippen LogP contribution is 2.43. The van der Waals surface area contributed by atoms with Gasteiger partial charge in [-0.3, -0.25) is 19.3 Å². The van der Waals surface area contributed by atoms with Crippen LogP contribution >= 0.6 is 22.9 Å². The molecule has 3 aliphatic heterocycles. The van der Waals surface area contributed by atoms with Crippen LogP contribution in [0, 0.1) is 18.2 Å². The number of β-amino-alcohol motifs (C(OH)–C–C–N with tert-alkyl or cyclic N) is 1. The zero-order chi connectivity index (χ0) is 58.8. The van der Waals surface area contributed by atoms with Crippen LogP contribution in [0.5, 0.6) is 11.8 Å². The van der Waals surface area contributed by atoms with Crippen molar-refractivity contribution in [2.75, 3.05) is 104 Å². The van der Waals surface area contributed by atoms with E-state index in [0.29, 0.717) is 62.8 Å². The van der Waals surface area contributed by atoms with E-state index in [1.54, 1.807) is 23.5 Å². The molecule has 0 aliphatic carbocycles. The van der Waals surface area contributed by atoms with Crippen LogP contribution in [0.4, 0.5) is 10.2 Å². The van der Waals surface area contributed by atoms with Crippen LogP contribution in [0.1, 0.15) is 71.2 Å². The molecule has 5 heterocycles. The van der Waals surface area contributed by atoms with Gasteiger partial charge in [-0.25, -0.2) is 9.37 Å². The number of aliphatic hydroxyl groups is 1. The van der Waals surface area contributed by atoms with Gasteiger partial charge >= 0.3 is 6.01 Å². The van der Waals surface area contributed by atoms with E-state index >= 15 is 4.39 Å². The lowest BCUT2D eigenvalue weighted by Crippen LogP contribution is -2.58. The minimum Gasteiger partial charge on any atom is -0.508 e. The maximum atomic E-state index is 17.0. The summed E-state index contributed by atoms with van der Waals surface area (Å²) >= 11 is 8.47. The van der Waals surface area contributed by atoms with Crippen molar-refractivity contribution in [1.29, 1.82) is 0 Å². The Bertz CT molecular complexity index is 3190. The van der Waals surface area contributed by atoms with E-state index in [-0.39, 0.29) is 84.8 Å². The highest BCUT2D eigenvalue weighted by atomic mass is 35.5. The molecule has 9 rings (SSSR count). The van der Waals surface area contributed by atoms with Crippen molar-refractivity contribution < 1.29 is 52.7 Å². The summed E-state index contributed by atoms with van der Waals surface area (Å²) in [5.74, 6) is -1.38. The number of phenols is 1. The number of hydrogen-bond donors (Lipinski definition) is 5. The fourth-order valence-corrected chi connectivity index (χ4v) is 12.1.